The van der Waals surface area contributed by atoms with Crippen LogP contribution in [0.4, 0.5) is 0 Å². The lowest BCUT2D eigenvalue weighted by Crippen LogP contribution is -2.10. The van der Waals surface area contributed by atoms with Gasteiger partial charge in [0.2, 0.25) is 0 Å². The number of rotatable bonds is 10. The van der Waals surface area contributed by atoms with Crippen molar-refractivity contribution < 1.29 is 9.47 Å². The van der Waals surface area contributed by atoms with Crippen molar-refractivity contribution in [2.24, 2.45) is 0 Å². The molecule has 0 saturated heterocycles. The Balaban J connectivity index is 1.47. The molecule has 0 amide bonds. The first-order chi connectivity index (χ1) is 15.3. The van der Waals surface area contributed by atoms with E-state index in [0.717, 1.165) is 58.9 Å². The second kappa shape index (κ2) is 9.98. The number of benzene rings is 3. The molecule has 4 nitrogen and oxygen atoms in total. The van der Waals surface area contributed by atoms with E-state index in [1.165, 1.54) is 0 Å². The third-order valence-corrected chi connectivity index (χ3v) is 5.30. The fourth-order valence-corrected chi connectivity index (χ4v) is 3.72. The molecule has 1 heterocycles. The number of fused-ring (bicyclic) bond motifs is 1. The summed E-state index contributed by atoms with van der Waals surface area (Å²) in [6.45, 7) is 7.80. The lowest BCUT2D eigenvalue weighted by molar-refractivity contribution is 0.278. The molecule has 4 rings (SSSR count). The summed E-state index contributed by atoms with van der Waals surface area (Å²) in [6.07, 6.45) is 3.56. The summed E-state index contributed by atoms with van der Waals surface area (Å²) in [5, 5.41) is 0. The predicted molar refractivity (Wildman–Crippen MR) is 126 cm³/mol. The number of aryl methyl sites for hydroxylation is 2. The highest BCUT2D eigenvalue weighted by molar-refractivity contribution is 5.75. The Hall–Kier alpha value is -3.53. The van der Waals surface area contributed by atoms with Crippen molar-refractivity contribution >= 4 is 11.0 Å². The van der Waals surface area contributed by atoms with Crippen molar-refractivity contribution in [2.45, 2.75) is 32.9 Å². The Morgan fingerprint density at radius 3 is 2.48 bits per heavy atom. The smallest absolute Gasteiger partial charge is 0.148 e. The number of hydrogen-bond donors (Lipinski definition) is 0. The van der Waals surface area contributed by atoms with Crippen molar-refractivity contribution in [2.75, 3.05) is 6.61 Å². The van der Waals surface area contributed by atoms with E-state index in [4.69, 9.17) is 14.5 Å². The molecule has 0 saturated carbocycles. The van der Waals surface area contributed by atoms with Gasteiger partial charge in [-0.1, -0.05) is 54.6 Å². The molecule has 0 bridgehead atoms. The van der Waals surface area contributed by atoms with Crippen LogP contribution in [0.5, 0.6) is 11.5 Å². The zero-order valence-corrected chi connectivity index (χ0v) is 18.0. The van der Waals surface area contributed by atoms with Crippen LogP contribution >= 0.6 is 0 Å². The number of nitrogens with zero attached hydrogens (tertiary/aromatic N) is 2. The van der Waals surface area contributed by atoms with Gasteiger partial charge >= 0.3 is 0 Å². The Kier molecular flexibility index (Phi) is 6.68. The Labute approximate surface area is 183 Å². The van der Waals surface area contributed by atoms with Gasteiger partial charge in [-0.05, 0) is 55.2 Å². The number of ether oxygens (including phenoxy) is 2. The number of aromatic nitrogens is 2. The minimum atomic E-state index is 0.418. The second-order valence-electron chi connectivity index (χ2n) is 7.53. The molecule has 4 aromatic rings. The molecule has 0 radical (unpaired) electrons. The van der Waals surface area contributed by atoms with Gasteiger partial charge in [0.25, 0.3) is 0 Å². The van der Waals surface area contributed by atoms with Crippen LogP contribution in [0, 0.1) is 6.92 Å². The van der Waals surface area contributed by atoms with Crippen LogP contribution in [-0.2, 0) is 19.6 Å². The second-order valence-corrected chi connectivity index (χ2v) is 7.53. The molecule has 3 aromatic carbocycles. The quantitative estimate of drug-likeness (QED) is 0.232. The van der Waals surface area contributed by atoms with Crippen LogP contribution in [-0.4, -0.2) is 16.2 Å². The normalized spacial score (nSPS) is 10.9. The molecule has 1 aromatic heterocycles. The van der Waals surface area contributed by atoms with Gasteiger partial charge in [0.15, 0.2) is 0 Å². The molecule has 0 aliphatic heterocycles. The highest BCUT2D eigenvalue weighted by Crippen LogP contribution is 2.22. The van der Waals surface area contributed by atoms with E-state index in [9.17, 15) is 0 Å². The van der Waals surface area contributed by atoms with Crippen molar-refractivity contribution in [1.82, 2.24) is 9.55 Å². The molecule has 0 fully saturated rings. The molecule has 158 valence electrons. The van der Waals surface area contributed by atoms with Crippen LogP contribution in [0.1, 0.15) is 23.4 Å². The van der Waals surface area contributed by atoms with Crippen molar-refractivity contribution in [3.05, 3.63) is 102 Å². The maximum absolute atomic E-state index is 6.17. The summed E-state index contributed by atoms with van der Waals surface area (Å²) >= 11 is 0. The topological polar surface area (TPSA) is 36.3 Å². The Morgan fingerprint density at radius 2 is 1.65 bits per heavy atom. The van der Waals surface area contributed by atoms with E-state index >= 15 is 0 Å². The molecule has 0 spiro atoms. The molecule has 0 unspecified atom stereocenters. The minimum absolute atomic E-state index is 0.418. The molecule has 0 aliphatic carbocycles. The summed E-state index contributed by atoms with van der Waals surface area (Å²) in [5.74, 6) is 2.75. The van der Waals surface area contributed by atoms with Gasteiger partial charge in [0.05, 0.1) is 17.6 Å². The van der Waals surface area contributed by atoms with Gasteiger partial charge < -0.3 is 14.0 Å². The number of hydrogen-bond acceptors (Lipinski definition) is 3. The third-order valence-electron chi connectivity index (χ3n) is 5.30. The predicted octanol–water partition coefficient (Wildman–Crippen LogP) is 6.12. The van der Waals surface area contributed by atoms with Crippen LogP contribution in [0.15, 0.2) is 85.5 Å². The van der Waals surface area contributed by atoms with Crippen molar-refractivity contribution in [3.8, 4) is 11.5 Å². The van der Waals surface area contributed by atoms with Crippen LogP contribution in [0.25, 0.3) is 11.0 Å². The third kappa shape index (κ3) is 4.97. The monoisotopic (exact) mass is 412 g/mol. The van der Waals surface area contributed by atoms with Crippen LogP contribution in [0.2, 0.25) is 0 Å². The standard InChI is InChI=1S/C27H28N2O2/c1-3-11-22-13-5-9-17-26(22)31-20-27-28-23-14-6-7-15-24(23)29(27)18-10-19-30-25-16-8-4-12-21(25)2/h3-9,12-17H,1,10-11,18-20H2,2H3. The molecular weight excluding hydrogens is 384 g/mol. The number of imidazole rings is 1. The van der Waals surface area contributed by atoms with Gasteiger partial charge in [0.1, 0.15) is 23.9 Å². The van der Waals surface area contributed by atoms with Gasteiger partial charge in [0, 0.05) is 6.54 Å². The summed E-state index contributed by atoms with van der Waals surface area (Å²) in [4.78, 5) is 4.83. The fourth-order valence-electron chi connectivity index (χ4n) is 3.72. The first-order valence-electron chi connectivity index (χ1n) is 10.7. The molecule has 0 N–H and O–H groups in total. The van der Waals surface area contributed by atoms with E-state index in [1.807, 2.05) is 60.7 Å². The molecule has 31 heavy (non-hydrogen) atoms. The largest absolute Gasteiger partial charge is 0.493 e. The number of para-hydroxylation sites is 4. The first kappa shape index (κ1) is 20.7. The maximum Gasteiger partial charge on any atom is 0.148 e. The van der Waals surface area contributed by atoms with Crippen LogP contribution < -0.4 is 9.47 Å². The number of allylic oxidation sites excluding steroid dienone is 1. The van der Waals surface area contributed by atoms with E-state index < -0.39 is 0 Å². The average molecular weight is 413 g/mol. The minimum Gasteiger partial charge on any atom is -0.493 e. The first-order valence-corrected chi connectivity index (χ1v) is 10.7. The van der Waals surface area contributed by atoms with Gasteiger partial charge in [-0.3, -0.25) is 0 Å². The maximum atomic E-state index is 6.17. The van der Waals surface area contributed by atoms with Crippen molar-refractivity contribution in [1.29, 1.82) is 0 Å². The lowest BCUT2D eigenvalue weighted by atomic mass is 10.1. The molecule has 0 aliphatic rings. The van der Waals surface area contributed by atoms with Gasteiger partial charge in [-0.2, -0.15) is 0 Å². The Morgan fingerprint density at radius 1 is 0.903 bits per heavy atom. The van der Waals surface area contributed by atoms with E-state index in [1.54, 1.807) is 0 Å². The fraction of sp³-hybridized carbons (Fsp3) is 0.222. The summed E-state index contributed by atoms with van der Waals surface area (Å²) in [7, 11) is 0. The van der Waals surface area contributed by atoms with Gasteiger partial charge in [-0.25, -0.2) is 4.98 Å². The molecular formula is C27H28N2O2. The summed E-state index contributed by atoms with van der Waals surface area (Å²) < 4.78 is 14.4. The zero-order valence-electron chi connectivity index (χ0n) is 18.0. The average Bonchev–Trinajstić information content (AvgIpc) is 3.15. The summed E-state index contributed by atoms with van der Waals surface area (Å²) in [6, 6.07) is 24.4. The van der Waals surface area contributed by atoms with E-state index in [2.05, 4.69) is 36.3 Å². The molecule has 4 heteroatoms. The zero-order chi connectivity index (χ0) is 21.5. The van der Waals surface area contributed by atoms with Crippen LogP contribution in [0.3, 0.4) is 0 Å². The van der Waals surface area contributed by atoms with E-state index in [-0.39, 0.29) is 0 Å². The lowest BCUT2D eigenvalue weighted by Gasteiger charge is -2.13. The highest BCUT2D eigenvalue weighted by atomic mass is 16.5. The van der Waals surface area contributed by atoms with Crippen molar-refractivity contribution in [3.63, 3.8) is 0 Å². The van der Waals surface area contributed by atoms with Gasteiger partial charge in [-0.15, -0.1) is 6.58 Å². The van der Waals surface area contributed by atoms with E-state index in [0.29, 0.717) is 13.2 Å². The summed E-state index contributed by atoms with van der Waals surface area (Å²) in [5.41, 5.74) is 4.39. The molecule has 0 atom stereocenters. The Bertz CT molecular complexity index is 1160. The SMILES string of the molecule is C=CCc1ccccc1OCc1nc2ccccc2n1CCCOc1ccccc1C. The highest BCUT2D eigenvalue weighted by Gasteiger charge is 2.12.